The molecule has 0 bridgehead atoms. The van der Waals surface area contributed by atoms with Crippen LogP contribution in [0.15, 0.2) is 23.7 Å². The molecule has 0 atom stereocenters. The SMILES string of the molecule is COC1=CCC=C(OC)C1(C)[Si]C(C)C. The Morgan fingerprint density at radius 3 is 2.00 bits per heavy atom. The Hall–Kier alpha value is -0.703. The van der Waals surface area contributed by atoms with Gasteiger partial charge < -0.3 is 9.47 Å². The van der Waals surface area contributed by atoms with Gasteiger partial charge in [-0.25, -0.2) is 0 Å². The third-order valence-corrected chi connectivity index (χ3v) is 4.26. The molecule has 1 aliphatic carbocycles. The second-order valence-electron chi connectivity index (χ2n) is 4.20. The summed E-state index contributed by atoms with van der Waals surface area (Å²) >= 11 is 0. The summed E-state index contributed by atoms with van der Waals surface area (Å²) in [6.45, 7) is 6.67. The van der Waals surface area contributed by atoms with Crippen molar-refractivity contribution in [1.29, 1.82) is 0 Å². The van der Waals surface area contributed by atoms with Crippen molar-refractivity contribution in [3.8, 4) is 0 Å². The smallest absolute Gasteiger partial charge is 0.102 e. The Labute approximate surface area is 95.2 Å². The molecule has 15 heavy (non-hydrogen) atoms. The highest BCUT2D eigenvalue weighted by atomic mass is 28.2. The summed E-state index contributed by atoms with van der Waals surface area (Å²) in [6, 6.07) is 0. The molecule has 0 fully saturated rings. The van der Waals surface area contributed by atoms with Crippen LogP contribution in [0.3, 0.4) is 0 Å². The lowest BCUT2D eigenvalue weighted by Crippen LogP contribution is -2.27. The molecule has 3 heteroatoms. The molecule has 2 nitrogen and oxygen atoms in total. The van der Waals surface area contributed by atoms with Gasteiger partial charge in [-0.3, -0.25) is 0 Å². The largest absolute Gasteiger partial charge is 0.501 e. The average molecular weight is 224 g/mol. The van der Waals surface area contributed by atoms with Gasteiger partial charge in [0.25, 0.3) is 0 Å². The summed E-state index contributed by atoms with van der Waals surface area (Å²) in [5.41, 5.74) is 0.644. The molecule has 1 rings (SSSR count). The second-order valence-corrected chi connectivity index (χ2v) is 6.65. The molecule has 2 radical (unpaired) electrons. The number of methoxy groups -OCH3 is 2. The van der Waals surface area contributed by atoms with Crippen molar-refractivity contribution in [2.45, 2.75) is 37.8 Å². The van der Waals surface area contributed by atoms with Crippen molar-refractivity contribution in [3.05, 3.63) is 23.7 Å². The van der Waals surface area contributed by atoms with Crippen LogP contribution in [0, 0.1) is 0 Å². The van der Waals surface area contributed by atoms with E-state index in [1.54, 1.807) is 14.2 Å². The maximum absolute atomic E-state index is 5.49. The van der Waals surface area contributed by atoms with Crippen molar-refractivity contribution < 1.29 is 9.47 Å². The van der Waals surface area contributed by atoms with Crippen LogP contribution in [-0.4, -0.2) is 23.7 Å². The summed E-state index contributed by atoms with van der Waals surface area (Å²) in [4.78, 5) is 0. The molecule has 0 saturated carbocycles. The van der Waals surface area contributed by atoms with Gasteiger partial charge >= 0.3 is 0 Å². The van der Waals surface area contributed by atoms with E-state index in [4.69, 9.17) is 9.47 Å². The van der Waals surface area contributed by atoms with Crippen LogP contribution in [-0.2, 0) is 9.47 Å². The van der Waals surface area contributed by atoms with Gasteiger partial charge in [-0.2, -0.15) is 0 Å². The molecular weight excluding hydrogens is 204 g/mol. The quantitative estimate of drug-likeness (QED) is 0.683. The fourth-order valence-electron chi connectivity index (χ4n) is 2.10. The standard InChI is InChI=1S/C12H20O2Si/c1-9(2)15-12(3)10(13-4)7-6-8-11(12)14-5/h7-9H,6H2,1-5H3. The van der Waals surface area contributed by atoms with Crippen LogP contribution < -0.4 is 0 Å². The predicted molar refractivity (Wildman–Crippen MR) is 64.0 cm³/mol. The van der Waals surface area contributed by atoms with Crippen LogP contribution in [0.4, 0.5) is 0 Å². The maximum atomic E-state index is 5.49. The van der Waals surface area contributed by atoms with Gasteiger partial charge in [0.1, 0.15) is 11.5 Å². The molecule has 0 N–H and O–H groups in total. The fourth-order valence-corrected chi connectivity index (χ4v) is 3.94. The van der Waals surface area contributed by atoms with E-state index in [-0.39, 0.29) is 5.04 Å². The van der Waals surface area contributed by atoms with Crippen molar-refractivity contribution >= 4 is 9.52 Å². The molecule has 0 aliphatic heterocycles. The molecule has 0 heterocycles. The van der Waals surface area contributed by atoms with Crippen LogP contribution in [0.5, 0.6) is 0 Å². The highest BCUT2D eigenvalue weighted by molar-refractivity contribution is 6.44. The highest BCUT2D eigenvalue weighted by Crippen LogP contribution is 2.47. The third-order valence-electron chi connectivity index (χ3n) is 2.61. The Kier molecular flexibility index (Phi) is 4.02. The van der Waals surface area contributed by atoms with E-state index in [9.17, 15) is 0 Å². The van der Waals surface area contributed by atoms with Crippen LogP contribution >= 0.6 is 0 Å². The van der Waals surface area contributed by atoms with Crippen molar-refractivity contribution in [2.75, 3.05) is 14.2 Å². The lowest BCUT2D eigenvalue weighted by atomic mass is 9.99. The predicted octanol–water partition coefficient (Wildman–Crippen LogP) is 3.16. The highest BCUT2D eigenvalue weighted by Gasteiger charge is 2.38. The number of hydrogen-bond donors (Lipinski definition) is 0. The van der Waals surface area contributed by atoms with Crippen LogP contribution in [0.1, 0.15) is 27.2 Å². The van der Waals surface area contributed by atoms with Gasteiger partial charge in [0, 0.05) is 0 Å². The van der Waals surface area contributed by atoms with E-state index in [0.29, 0.717) is 5.54 Å². The normalized spacial score (nSPS) is 19.6. The number of ether oxygens (including phenoxy) is 2. The maximum Gasteiger partial charge on any atom is 0.102 e. The van der Waals surface area contributed by atoms with E-state index in [0.717, 1.165) is 27.5 Å². The Balaban J connectivity index is 2.98. The van der Waals surface area contributed by atoms with E-state index >= 15 is 0 Å². The topological polar surface area (TPSA) is 18.5 Å². The first-order valence-electron chi connectivity index (χ1n) is 5.31. The van der Waals surface area contributed by atoms with Gasteiger partial charge in [-0.15, -0.1) is 0 Å². The molecule has 0 unspecified atom stereocenters. The van der Waals surface area contributed by atoms with E-state index in [1.165, 1.54) is 0 Å². The number of hydrogen-bond acceptors (Lipinski definition) is 2. The Morgan fingerprint density at radius 2 is 1.67 bits per heavy atom. The third kappa shape index (κ3) is 2.45. The van der Waals surface area contributed by atoms with Gasteiger partial charge in [0.2, 0.25) is 0 Å². The van der Waals surface area contributed by atoms with Crippen LogP contribution in [0.25, 0.3) is 0 Å². The minimum absolute atomic E-state index is 0.0596. The van der Waals surface area contributed by atoms with Gasteiger partial charge in [0.15, 0.2) is 0 Å². The summed E-state index contributed by atoms with van der Waals surface area (Å²) in [7, 11) is 4.27. The zero-order valence-corrected chi connectivity index (χ0v) is 11.3. The van der Waals surface area contributed by atoms with Crippen LogP contribution in [0.2, 0.25) is 10.6 Å². The monoisotopic (exact) mass is 224 g/mol. The lowest BCUT2D eigenvalue weighted by molar-refractivity contribution is 0.201. The zero-order chi connectivity index (χ0) is 11.5. The molecule has 0 spiro atoms. The summed E-state index contributed by atoms with van der Waals surface area (Å²) in [5.74, 6) is 2.10. The molecule has 0 saturated heterocycles. The fraction of sp³-hybridized carbons (Fsp3) is 0.667. The van der Waals surface area contributed by atoms with E-state index < -0.39 is 0 Å². The lowest BCUT2D eigenvalue weighted by Gasteiger charge is -2.35. The van der Waals surface area contributed by atoms with E-state index in [1.807, 2.05) is 0 Å². The number of rotatable bonds is 4. The molecule has 0 aromatic heterocycles. The molecular formula is C12H20O2Si. The van der Waals surface area contributed by atoms with Gasteiger partial charge in [-0.05, 0) is 25.5 Å². The first-order chi connectivity index (χ1) is 7.04. The summed E-state index contributed by atoms with van der Waals surface area (Å²) in [5, 5.41) is -0.0596. The molecule has 1 aliphatic rings. The van der Waals surface area contributed by atoms with E-state index in [2.05, 4.69) is 32.9 Å². The van der Waals surface area contributed by atoms with Gasteiger partial charge in [0.05, 0.1) is 28.8 Å². The van der Waals surface area contributed by atoms with Crippen molar-refractivity contribution in [3.63, 3.8) is 0 Å². The average Bonchev–Trinajstić information content (AvgIpc) is 2.16. The van der Waals surface area contributed by atoms with Crippen molar-refractivity contribution in [2.24, 2.45) is 0 Å². The first kappa shape index (κ1) is 12.4. The number of allylic oxidation sites excluding steroid dienone is 2. The Bertz CT molecular complexity index is 259. The molecule has 0 amide bonds. The summed E-state index contributed by atoms with van der Waals surface area (Å²) in [6.07, 6.45) is 5.21. The minimum Gasteiger partial charge on any atom is -0.501 e. The Morgan fingerprint density at radius 1 is 1.20 bits per heavy atom. The molecule has 84 valence electrons. The zero-order valence-electron chi connectivity index (χ0n) is 10.3. The molecule has 0 aromatic rings. The van der Waals surface area contributed by atoms with Gasteiger partial charge in [-0.1, -0.05) is 19.4 Å². The minimum atomic E-state index is -0.0596. The molecule has 0 aromatic carbocycles. The first-order valence-corrected chi connectivity index (χ1v) is 6.39. The summed E-state index contributed by atoms with van der Waals surface area (Å²) < 4.78 is 11.0. The second kappa shape index (κ2) is 4.88. The van der Waals surface area contributed by atoms with Crippen molar-refractivity contribution in [1.82, 2.24) is 0 Å².